The molecule has 0 aliphatic carbocycles. The molecule has 1 N–H and O–H groups in total. The zero-order valence-electron chi connectivity index (χ0n) is 10.4. The highest BCUT2D eigenvalue weighted by Gasteiger charge is 2.22. The zero-order chi connectivity index (χ0) is 12.9. The first-order valence-electron chi connectivity index (χ1n) is 5.41. The Kier molecular flexibility index (Phi) is 4.37. The summed E-state index contributed by atoms with van der Waals surface area (Å²) in [6, 6.07) is 7.21. The van der Waals surface area contributed by atoms with Crippen molar-refractivity contribution in [2.75, 3.05) is 13.7 Å². The molecule has 17 heavy (non-hydrogen) atoms. The molecule has 0 radical (unpaired) electrons. The van der Waals surface area contributed by atoms with Crippen LogP contribution in [0.2, 0.25) is 0 Å². The Morgan fingerprint density at radius 2 is 1.76 bits per heavy atom. The Bertz CT molecular complexity index is 368. The van der Waals surface area contributed by atoms with E-state index in [9.17, 15) is 4.79 Å². The van der Waals surface area contributed by atoms with E-state index in [2.05, 4.69) is 0 Å². The van der Waals surface area contributed by atoms with Crippen LogP contribution < -0.4 is 9.47 Å². The number of benzene rings is 1. The van der Waals surface area contributed by atoms with E-state index in [0.29, 0.717) is 12.4 Å². The molecule has 4 nitrogen and oxygen atoms in total. The zero-order valence-corrected chi connectivity index (χ0v) is 10.4. The summed E-state index contributed by atoms with van der Waals surface area (Å²) in [5.74, 6) is 0.666. The third-order valence-corrected chi connectivity index (χ3v) is 2.32. The molecule has 1 aromatic rings. The van der Waals surface area contributed by atoms with Crippen molar-refractivity contribution in [2.45, 2.75) is 20.3 Å². The molecule has 0 unspecified atom stereocenters. The predicted molar refractivity (Wildman–Crippen MR) is 64.5 cm³/mol. The van der Waals surface area contributed by atoms with Gasteiger partial charge in [0.1, 0.15) is 11.5 Å². The van der Waals surface area contributed by atoms with E-state index >= 15 is 0 Å². The Balaban J connectivity index is 2.51. The van der Waals surface area contributed by atoms with Crippen LogP contribution in [-0.2, 0) is 4.79 Å². The summed E-state index contributed by atoms with van der Waals surface area (Å²) in [6.45, 7) is 4.10. The quantitative estimate of drug-likeness (QED) is 0.827. The van der Waals surface area contributed by atoms with Crippen molar-refractivity contribution in [2.24, 2.45) is 5.41 Å². The van der Waals surface area contributed by atoms with Crippen molar-refractivity contribution in [3.8, 4) is 11.5 Å². The molecular weight excluding hydrogens is 220 g/mol. The van der Waals surface area contributed by atoms with Crippen LogP contribution in [0.5, 0.6) is 11.5 Å². The number of aliphatic carboxylic acids is 1. The lowest BCUT2D eigenvalue weighted by atomic mass is 9.91. The van der Waals surface area contributed by atoms with Gasteiger partial charge in [0.25, 0.3) is 0 Å². The van der Waals surface area contributed by atoms with Gasteiger partial charge in [0.2, 0.25) is 0 Å². The molecule has 0 saturated heterocycles. The van der Waals surface area contributed by atoms with E-state index in [4.69, 9.17) is 14.6 Å². The molecule has 94 valence electrons. The highest BCUT2D eigenvalue weighted by molar-refractivity contribution is 5.67. The van der Waals surface area contributed by atoms with Crippen molar-refractivity contribution < 1.29 is 19.4 Å². The number of carboxylic acids is 1. The second-order valence-electron chi connectivity index (χ2n) is 4.70. The fraction of sp³-hybridized carbons (Fsp3) is 0.462. The minimum atomic E-state index is -0.812. The third-order valence-electron chi connectivity index (χ3n) is 2.32. The van der Waals surface area contributed by atoms with Crippen LogP contribution in [0.1, 0.15) is 20.3 Å². The van der Waals surface area contributed by atoms with Gasteiger partial charge in [0, 0.05) is 5.41 Å². The van der Waals surface area contributed by atoms with Gasteiger partial charge in [0.15, 0.2) is 0 Å². The molecule has 1 rings (SSSR count). The van der Waals surface area contributed by atoms with E-state index in [1.807, 2.05) is 13.8 Å². The second-order valence-corrected chi connectivity index (χ2v) is 4.70. The van der Waals surface area contributed by atoms with Crippen LogP contribution in [0.4, 0.5) is 0 Å². The summed E-state index contributed by atoms with van der Waals surface area (Å²) in [4.78, 5) is 10.6. The summed E-state index contributed by atoms with van der Waals surface area (Å²) in [6.07, 6.45) is 0.0865. The van der Waals surface area contributed by atoms with Crippen molar-refractivity contribution in [1.29, 1.82) is 0 Å². The summed E-state index contributed by atoms with van der Waals surface area (Å²) in [7, 11) is 1.60. The maximum atomic E-state index is 10.6. The van der Waals surface area contributed by atoms with Gasteiger partial charge in [0.05, 0.1) is 20.1 Å². The molecule has 0 saturated carbocycles. The average Bonchev–Trinajstić information content (AvgIpc) is 2.25. The number of carboxylic acid groups (broad SMARTS) is 1. The van der Waals surface area contributed by atoms with Gasteiger partial charge in [-0.3, -0.25) is 4.79 Å². The van der Waals surface area contributed by atoms with Gasteiger partial charge in [-0.1, -0.05) is 13.8 Å². The van der Waals surface area contributed by atoms with Crippen LogP contribution in [0.15, 0.2) is 24.3 Å². The normalized spacial score (nSPS) is 11.0. The number of hydrogen-bond donors (Lipinski definition) is 1. The van der Waals surface area contributed by atoms with E-state index in [0.717, 1.165) is 5.75 Å². The first-order valence-corrected chi connectivity index (χ1v) is 5.41. The summed E-state index contributed by atoms with van der Waals surface area (Å²) in [5, 5.41) is 8.74. The lowest BCUT2D eigenvalue weighted by Gasteiger charge is -2.22. The first-order chi connectivity index (χ1) is 7.93. The van der Waals surface area contributed by atoms with Crippen LogP contribution in [0.3, 0.4) is 0 Å². The fourth-order valence-electron chi connectivity index (χ4n) is 1.41. The van der Waals surface area contributed by atoms with Crippen molar-refractivity contribution >= 4 is 5.97 Å². The summed E-state index contributed by atoms with van der Waals surface area (Å²) >= 11 is 0. The SMILES string of the molecule is COc1ccc(OCC(C)(C)CC(=O)O)cc1. The van der Waals surface area contributed by atoms with E-state index in [-0.39, 0.29) is 11.8 Å². The number of ether oxygens (including phenoxy) is 2. The van der Waals surface area contributed by atoms with Gasteiger partial charge < -0.3 is 14.6 Å². The molecule has 0 atom stereocenters. The van der Waals surface area contributed by atoms with Gasteiger partial charge in [-0.2, -0.15) is 0 Å². The van der Waals surface area contributed by atoms with Gasteiger partial charge in [-0.15, -0.1) is 0 Å². The highest BCUT2D eigenvalue weighted by Crippen LogP contribution is 2.23. The molecule has 4 heteroatoms. The van der Waals surface area contributed by atoms with Crippen LogP contribution >= 0.6 is 0 Å². The molecular formula is C13H18O4. The Hall–Kier alpha value is -1.71. The monoisotopic (exact) mass is 238 g/mol. The molecule has 0 spiro atoms. The van der Waals surface area contributed by atoms with Crippen LogP contribution in [-0.4, -0.2) is 24.8 Å². The standard InChI is InChI=1S/C13H18O4/c1-13(2,8-12(14)15)9-17-11-6-4-10(16-3)5-7-11/h4-7H,8-9H2,1-3H3,(H,14,15). The Morgan fingerprint density at radius 3 is 2.24 bits per heavy atom. The molecule has 0 fully saturated rings. The molecule has 0 amide bonds. The number of methoxy groups -OCH3 is 1. The van der Waals surface area contributed by atoms with Gasteiger partial charge in [-0.25, -0.2) is 0 Å². The maximum Gasteiger partial charge on any atom is 0.304 e. The molecule has 0 aliphatic rings. The molecule has 1 aromatic carbocycles. The number of carbonyl (C=O) groups is 1. The van der Waals surface area contributed by atoms with Crippen molar-refractivity contribution in [3.63, 3.8) is 0 Å². The minimum absolute atomic E-state index is 0.0865. The fourth-order valence-corrected chi connectivity index (χ4v) is 1.41. The van der Waals surface area contributed by atoms with Gasteiger partial charge >= 0.3 is 5.97 Å². The second kappa shape index (κ2) is 5.57. The maximum absolute atomic E-state index is 10.6. The van der Waals surface area contributed by atoms with E-state index in [1.165, 1.54) is 0 Å². The predicted octanol–water partition coefficient (Wildman–Crippen LogP) is 2.57. The average molecular weight is 238 g/mol. The Labute approximate surface area is 101 Å². The number of rotatable bonds is 6. The summed E-state index contributed by atoms with van der Waals surface area (Å²) < 4.78 is 10.6. The first kappa shape index (κ1) is 13.4. The smallest absolute Gasteiger partial charge is 0.304 e. The highest BCUT2D eigenvalue weighted by atomic mass is 16.5. The number of hydrogen-bond acceptors (Lipinski definition) is 3. The summed E-state index contributed by atoms with van der Waals surface area (Å²) in [5.41, 5.74) is -0.383. The van der Waals surface area contributed by atoms with Crippen LogP contribution in [0.25, 0.3) is 0 Å². The minimum Gasteiger partial charge on any atom is -0.497 e. The van der Waals surface area contributed by atoms with Gasteiger partial charge in [-0.05, 0) is 24.3 Å². The van der Waals surface area contributed by atoms with Crippen molar-refractivity contribution in [1.82, 2.24) is 0 Å². The van der Waals surface area contributed by atoms with Crippen molar-refractivity contribution in [3.05, 3.63) is 24.3 Å². The molecule has 0 bridgehead atoms. The largest absolute Gasteiger partial charge is 0.497 e. The lowest BCUT2D eigenvalue weighted by molar-refractivity contribution is -0.139. The molecule has 0 heterocycles. The molecule has 0 aromatic heterocycles. The lowest BCUT2D eigenvalue weighted by Crippen LogP contribution is -2.24. The van der Waals surface area contributed by atoms with Crippen LogP contribution in [0, 0.1) is 5.41 Å². The Morgan fingerprint density at radius 1 is 1.24 bits per heavy atom. The molecule has 0 aliphatic heterocycles. The van der Waals surface area contributed by atoms with E-state index in [1.54, 1.807) is 31.4 Å². The topological polar surface area (TPSA) is 55.8 Å². The third kappa shape index (κ3) is 4.76. The van der Waals surface area contributed by atoms with E-state index < -0.39 is 5.97 Å².